The highest BCUT2D eigenvalue weighted by Gasteiger charge is 2.25. The smallest absolute Gasteiger partial charge is 0.317 e. The molecule has 0 aromatic heterocycles. The van der Waals surface area contributed by atoms with Crippen molar-refractivity contribution < 1.29 is 14.7 Å². The fourth-order valence-corrected chi connectivity index (χ4v) is 2.26. The number of hydrogen-bond donors (Lipinski definition) is 2. The second-order valence-electron chi connectivity index (χ2n) is 4.78. The third-order valence-electron chi connectivity index (χ3n) is 3.33. The molecule has 102 valence electrons. The van der Waals surface area contributed by atoms with E-state index in [4.69, 9.17) is 5.11 Å². The van der Waals surface area contributed by atoms with Crippen molar-refractivity contribution in [1.29, 1.82) is 0 Å². The van der Waals surface area contributed by atoms with Gasteiger partial charge in [0.1, 0.15) is 0 Å². The van der Waals surface area contributed by atoms with Gasteiger partial charge < -0.3 is 10.4 Å². The number of hydrogen-bond acceptors (Lipinski definition) is 3. The van der Waals surface area contributed by atoms with Gasteiger partial charge in [-0.2, -0.15) is 0 Å². The van der Waals surface area contributed by atoms with E-state index < -0.39 is 12.0 Å². The number of amides is 1. The van der Waals surface area contributed by atoms with Crippen LogP contribution in [0.25, 0.3) is 0 Å². The summed E-state index contributed by atoms with van der Waals surface area (Å²) in [6.07, 6.45) is 5.98. The summed E-state index contributed by atoms with van der Waals surface area (Å²) >= 11 is 0. The lowest BCUT2D eigenvalue weighted by molar-refractivity contribution is -0.139. The van der Waals surface area contributed by atoms with Crippen molar-refractivity contribution in [3.63, 3.8) is 0 Å². The van der Waals surface area contributed by atoms with E-state index in [1.165, 1.54) is 0 Å². The SMILES string of the molecule is C=CCN(CC(=O)O)C(C)C(=O)NC1CCCC1. The Hall–Kier alpha value is -1.36. The molecule has 18 heavy (non-hydrogen) atoms. The predicted octanol–water partition coefficient (Wildman–Crippen LogP) is 1.01. The van der Waals surface area contributed by atoms with Gasteiger partial charge in [0.2, 0.25) is 5.91 Å². The molecule has 1 unspecified atom stereocenters. The molecule has 1 aliphatic rings. The number of carbonyl (C=O) groups excluding carboxylic acids is 1. The molecule has 0 aliphatic heterocycles. The molecule has 0 radical (unpaired) electrons. The largest absolute Gasteiger partial charge is 0.480 e. The van der Waals surface area contributed by atoms with Crippen molar-refractivity contribution in [1.82, 2.24) is 10.2 Å². The van der Waals surface area contributed by atoms with Crippen LogP contribution in [0.15, 0.2) is 12.7 Å². The van der Waals surface area contributed by atoms with Gasteiger partial charge in [0, 0.05) is 12.6 Å². The standard InChI is InChI=1S/C13H22N2O3/c1-3-8-15(9-12(16)17)10(2)13(18)14-11-6-4-5-7-11/h3,10-11H,1,4-9H2,2H3,(H,14,18)(H,16,17). The Balaban J connectivity index is 2.51. The zero-order valence-corrected chi connectivity index (χ0v) is 10.9. The molecule has 2 N–H and O–H groups in total. The summed E-state index contributed by atoms with van der Waals surface area (Å²) in [6, 6.07) is -0.185. The minimum Gasteiger partial charge on any atom is -0.480 e. The molecule has 1 aliphatic carbocycles. The molecule has 0 heterocycles. The Labute approximate surface area is 108 Å². The molecule has 1 atom stereocenters. The van der Waals surface area contributed by atoms with Crippen molar-refractivity contribution in [2.45, 2.75) is 44.7 Å². The summed E-state index contributed by atoms with van der Waals surface area (Å²) in [4.78, 5) is 24.4. The van der Waals surface area contributed by atoms with Crippen molar-refractivity contribution in [2.75, 3.05) is 13.1 Å². The summed E-state index contributed by atoms with van der Waals surface area (Å²) in [5.41, 5.74) is 0. The number of nitrogens with zero attached hydrogens (tertiary/aromatic N) is 1. The van der Waals surface area contributed by atoms with E-state index in [1.54, 1.807) is 17.9 Å². The highest BCUT2D eigenvalue weighted by molar-refractivity contribution is 5.82. The lowest BCUT2D eigenvalue weighted by atomic mass is 10.2. The molecular weight excluding hydrogens is 232 g/mol. The summed E-state index contributed by atoms with van der Waals surface area (Å²) in [5.74, 6) is -1.03. The minimum absolute atomic E-state index is 0.0926. The van der Waals surface area contributed by atoms with E-state index >= 15 is 0 Å². The Morgan fingerprint density at radius 3 is 2.61 bits per heavy atom. The average Bonchev–Trinajstić information content (AvgIpc) is 2.79. The van der Waals surface area contributed by atoms with Gasteiger partial charge >= 0.3 is 5.97 Å². The minimum atomic E-state index is -0.933. The summed E-state index contributed by atoms with van der Waals surface area (Å²) < 4.78 is 0. The Kier molecular flexibility index (Phi) is 5.85. The van der Waals surface area contributed by atoms with Gasteiger partial charge in [-0.15, -0.1) is 6.58 Å². The number of nitrogens with one attached hydrogen (secondary N) is 1. The van der Waals surface area contributed by atoms with Gasteiger partial charge in [-0.05, 0) is 19.8 Å². The number of aliphatic carboxylic acids is 1. The third kappa shape index (κ3) is 4.49. The summed E-state index contributed by atoms with van der Waals surface area (Å²) in [6.45, 7) is 5.57. The molecule has 5 heteroatoms. The van der Waals surface area contributed by atoms with Crippen LogP contribution in [0.5, 0.6) is 0 Å². The van der Waals surface area contributed by atoms with Crippen LogP contribution >= 0.6 is 0 Å². The van der Waals surface area contributed by atoms with E-state index in [2.05, 4.69) is 11.9 Å². The Bertz CT molecular complexity index is 311. The quantitative estimate of drug-likeness (QED) is 0.665. The molecule has 0 spiro atoms. The third-order valence-corrected chi connectivity index (χ3v) is 3.33. The van der Waals surface area contributed by atoms with E-state index in [9.17, 15) is 9.59 Å². The maximum atomic E-state index is 12.0. The molecule has 1 fully saturated rings. The predicted molar refractivity (Wildman–Crippen MR) is 69.3 cm³/mol. The number of carboxylic acids is 1. The molecule has 0 aromatic rings. The highest BCUT2D eigenvalue weighted by Crippen LogP contribution is 2.17. The van der Waals surface area contributed by atoms with Gasteiger partial charge in [0.15, 0.2) is 0 Å². The summed E-state index contributed by atoms with van der Waals surface area (Å²) in [7, 11) is 0. The summed E-state index contributed by atoms with van der Waals surface area (Å²) in [5, 5.41) is 11.8. The van der Waals surface area contributed by atoms with Gasteiger partial charge in [0.05, 0.1) is 12.6 Å². The van der Waals surface area contributed by atoms with Crippen molar-refractivity contribution >= 4 is 11.9 Å². The lowest BCUT2D eigenvalue weighted by Gasteiger charge is -2.26. The van der Waals surface area contributed by atoms with Gasteiger partial charge in [0.25, 0.3) is 0 Å². The van der Waals surface area contributed by atoms with E-state index in [0.29, 0.717) is 6.54 Å². The zero-order valence-electron chi connectivity index (χ0n) is 10.9. The molecule has 0 saturated heterocycles. The van der Waals surface area contributed by atoms with E-state index in [0.717, 1.165) is 25.7 Å². The zero-order chi connectivity index (χ0) is 13.5. The second-order valence-corrected chi connectivity index (χ2v) is 4.78. The first-order valence-electron chi connectivity index (χ1n) is 6.41. The van der Waals surface area contributed by atoms with E-state index in [-0.39, 0.29) is 18.5 Å². The first-order valence-corrected chi connectivity index (χ1v) is 6.41. The first kappa shape index (κ1) is 14.7. The fraction of sp³-hybridized carbons (Fsp3) is 0.692. The maximum Gasteiger partial charge on any atom is 0.317 e. The molecule has 5 nitrogen and oxygen atoms in total. The number of rotatable bonds is 7. The Morgan fingerprint density at radius 1 is 1.50 bits per heavy atom. The molecule has 1 rings (SSSR count). The lowest BCUT2D eigenvalue weighted by Crippen LogP contribution is -2.49. The second kappa shape index (κ2) is 7.16. The van der Waals surface area contributed by atoms with Crippen molar-refractivity contribution in [2.24, 2.45) is 0 Å². The van der Waals surface area contributed by atoms with Crippen molar-refractivity contribution in [3.05, 3.63) is 12.7 Å². The van der Waals surface area contributed by atoms with Gasteiger partial charge in [-0.1, -0.05) is 18.9 Å². The monoisotopic (exact) mass is 254 g/mol. The van der Waals surface area contributed by atoms with Gasteiger partial charge in [-0.25, -0.2) is 0 Å². The van der Waals surface area contributed by atoms with Crippen molar-refractivity contribution in [3.8, 4) is 0 Å². The maximum absolute atomic E-state index is 12.0. The Morgan fingerprint density at radius 2 is 2.11 bits per heavy atom. The van der Waals surface area contributed by atoms with Crippen LogP contribution in [0.1, 0.15) is 32.6 Å². The van der Waals surface area contributed by atoms with Crippen LogP contribution in [-0.2, 0) is 9.59 Å². The average molecular weight is 254 g/mol. The van der Waals surface area contributed by atoms with Crippen LogP contribution < -0.4 is 5.32 Å². The molecule has 0 bridgehead atoms. The van der Waals surface area contributed by atoms with Crippen LogP contribution in [0, 0.1) is 0 Å². The molecule has 1 amide bonds. The highest BCUT2D eigenvalue weighted by atomic mass is 16.4. The normalized spacial score (nSPS) is 17.7. The molecule has 1 saturated carbocycles. The van der Waals surface area contributed by atoms with Crippen LogP contribution in [-0.4, -0.2) is 47.1 Å². The van der Waals surface area contributed by atoms with Gasteiger partial charge in [-0.3, -0.25) is 14.5 Å². The molecular formula is C13H22N2O3. The van der Waals surface area contributed by atoms with Crippen LogP contribution in [0.3, 0.4) is 0 Å². The first-order chi connectivity index (χ1) is 8.54. The van der Waals surface area contributed by atoms with Crippen LogP contribution in [0.4, 0.5) is 0 Å². The number of carbonyl (C=O) groups is 2. The number of carboxylic acid groups (broad SMARTS) is 1. The van der Waals surface area contributed by atoms with Crippen LogP contribution in [0.2, 0.25) is 0 Å². The van der Waals surface area contributed by atoms with E-state index in [1.807, 2.05) is 0 Å². The topological polar surface area (TPSA) is 69.6 Å². The fourth-order valence-electron chi connectivity index (χ4n) is 2.26. The molecule has 0 aromatic carbocycles.